The summed E-state index contributed by atoms with van der Waals surface area (Å²) in [5.74, 6) is 0. The van der Waals surface area contributed by atoms with E-state index >= 15 is 0 Å². The fourth-order valence-electron chi connectivity index (χ4n) is 1.32. The normalized spacial score (nSPS) is 10.3. The number of hydrogen-bond donors (Lipinski definition) is 1. The number of hydrogen-bond acceptors (Lipinski definition) is 3. The summed E-state index contributed by atoms with van der Waals surface area (Å²) in [5, 5.41) is 3.33. The summed E-state index contributed by atoms with van der Waals surface area (Å²) in [4.78, 5) is 7.95. The minimum absolute atomic E-state index is 0.680. The maximum atomic E-state index is 3.97. The van der Waals surface area contributed by atoms with E-state index in [1.165, 1.54) is 6.33 Å². The summed E-state index contributed by atoms with van der Waals surface area (Å²) in [7, 11) is 0. The average molecular weight is 422 g/mol. The SMILES string of the molecule is Brc1cc(Br)c(NCc2cncnc2)c(Br)c1. The van der Waals surface area contributed by atoms with Crippen molar-refractivity contribution in [3.8, 4) is 0 Å². The number of benzene rings is 1. The predicted molar refractivity (Wildman–Crippen MR) is 78.9 cm³/mol. The van der Waals surface area contributed by atoms with Gasteiger partial charge in [-0.25, -0.2) is 9.97 Å². The Morgan fingerprint density at radius 2 is 1.59 bits per heavy atom. The summed E-state index contributed by atoms with van der Waals surface area (Å²) >= 11 is 10.5. The molecule has 0 fully saturated rings. The van der Waals surface area contributed by atoms with Crippen molar-refractivity contribution < 1.29 is 0 Å². The highest BCUT2D eigenvalue weighted by atomic mass is 79.9. The van der Waals surface area contributed by atoms with Crippen molar-refractivity contribution in [3.63, 3.8) is 0 Å². The predicted octanol–water partition coefficient (Wildman–Crippen LogP) is 4.38. The zero-order chi connectivity index (χ0) is 12.3. The topological polar surface area (TPSA) is 37.8 Å². The molecule has 0 saturated carbocycles. The lowest BCUT2D eigenvalue weighted by Crippen LogP contribution is -2.01. The molecule has 6 heteroatoms. The molecule has 2 rings (SSSR count). The minimum atomic E-state index is 0.680. The van der Waals surface area contributed by atoms with Gasteiger partial charge in [-0.2, -0.15) is 0 Å². The summed E-state index contributed by atoms with van der Waals surface area (Å²) in [5.41, 5.74) is 2.05. The molecule has 1 N–H and O–H groups in total. The standard InChI is InChI=1S/C11H8Br3N3/c12-8-1-9(13)11(10(14)2-8)17-5-7-3-15-6-16-4-7/h1-4,6,17H,5H2. The molecule has 0 bridgehead atoms. The van der Waals surface area contributed by atoms with Gasteiger partial charge in [0.2, 0.25) is 0 Å². The van der Waals surface area contributed by atoms with Crippen molar-refractivity contribution in [2.75, 3.05) is 5.32 Å². The Hall–Kier alpha value is -0.460. The van der Waals surface area contributed by atoms with Gasteiger partial charge in [-0.3, -0.25) is 0 Å². The molecule has 0 saturated heterocycles. The van der Waals surface area contributed by atoms with Crippen molar-refractivity contribution in [3.05, 3.63) is 49.8 Å². The molecule has 17 heavy (non-hydrogen) atoms. The first-order valence-electron chi connectivity index (χ1n) is 4.79. The second-order valence-electron chi connectivity index (χ2n) is 3.34. The molecule has 88 valence electrons. The molecular weight excluding hydrogens is 414 g/mol. The summed E-state index contributed by atoms with van der Waals surface area (Å²) < 4.78 is 3.01. The second kappa shape index (κ2) is 5.93. The summed E-state index contributed by atoms with van der Waals surface area (Å²) in [6.07, 6.45) is 5.11. The number of anilines is 1. The van der Waals surface area contributed by atoms with E-state index in [-0.39, 0.29) is 0 Å². The fourth-order valence-corrected chi connectivity index (χ4v) is 3.86. The van der Waals surface area contributed by atoms with E-state index in [0.717, 1.165) is 24.7 Å². The van der Waals surface area contributed by atoms with Crippen LogP contribution in [0.5, 0.6) is 0 Å². The van der Waals surface area contributed by atoms with Gasteiger partial charge in [0, 0.05) is 37.9 Å². The monoisotopic (exact) mass is 419 g/mol. The van der Waals surface area contributed by atoms with E-state index in [4.69, 9.17) is 0 Å². The van der Waals surface area contributed by atoms with Crippen LogP contribution in [-0.4, -0.2) is 9.97 Å². The van der Waals surface area contributed by atoms with Crippen LogP contribution in [0.2, 0.25) is 0 Å². The van der Waals surface area contributed by atoms with Crippen LogP contribution in [0.15, 0.2) is 44.3 Å². The number of halogens is 3. The number of rotatable bonds is 3. The van der Waals surface area contributed by atoms with Gasteiger partial charge in [0.1, 0.15) is 6.33 Å². The Morgan fingerprint density at radius 3 is 2.18 bits per heavy atom. The van der Waals surface area contributed by atoms with E-state index in [9.17, 15) is 0 Å². The zero-order valence-electron chi connectivity index (χ0n) is 8.62. The Balaban J connectivity index is 2.15. The maximum absolute atomic E-state index is 3.97. The first kappa shape index (κ1) is 13.0. The fraction of sp³-hybridized carbons (Fsp3) is 0.0909. The van der Waals surface area contributed by atoms with Crippen molar-refractivity contribution in [1.82, 2.24) is 9.97 Å². The lowest BCUT2D eigenvalue weighted by molar-refractivity contribution is 1.05. The second-order valence-corrected chi connectivity index (χ2v) is 5.97. The van der Waals surface area contributed by atoms with Crippen LogP contribution in [-0.2, 0) is 6.54 Å². The molecular formula is C11H8Br3N3. The summed E-state index contributed by atoms with van der Waals surface area (Å²) in [6.45, 7) is 0.680. The lowest BCUT2D eigenvalue weighted by atomic mass is 10.3. The molecule has 0 aliphatic carbocycles. The Kier molecular flexibility index (Phi) is 4.53. The molecule has 0 unspecified atom stereocenters. The van der Waals surface area contributed by atoms with Crippen molar-refractivity contribution in [2.24, 2.45) is 0 Å². The van der Waals surface area contributed by atoms with Gasteiger partial charge in [0.05, 0.1) is 5.69 Å². The molecule has 0 spiro atoms. The maximum Gasteiger partial charge on any atom is 0.115 e. The van der Waals surface area contributed by atoms with Gasteiger partial charge >= 0.3 is 0 Å². The molecule has 0 amide bonds. The van der Waals surface area contributed by atoms with Crippen LogP contribution in [0.25, 0.3) is 0 Å². The van der Waals surface area contributed by atoms with Gasteiger partial charge in [0.25, 0.3) is 0 Å². The highest BCUT2D eigenvalue weighted by molar-refractivity contribution is 9.11. The van der Waals surface area contributed by atoms with Crippen LogP contribution >= 0.6 is 47.8 Å². The quantitative estimate of drug-likeness (QED) is 0.799. The largest absolute Gasteiger partial charge is 0.379 e. The van der Waals surface area contributed by atoms with E-state index in [1.807, 2.05) is 12.1 Å². The van der Waals surface area contributed by atoms with Gasteiger partial charge < -0.3 is 5.32 Å². The van der Waals surface area contributed by atoms with Gasteiger partial charge in [-0.15, -0.1) is 0 Å². The van der Waals surface area contributed by atoms with E-state index < -0.39 is 0 Å². The molecule has 0 atom stereocenters. The van der Waals surface area contributed by atoms with E-state index in [1.54, 1.807) is 12.4 Å². The third-order valence-electron chi connectivity index (χ3n) is 2.09. The van der Waals surface area contributed by atoms with Crippen molar-refractivity contribution in [2.45, 2.75) is 6.54 Å². The molecule has 1 aromatic carbocycles. The van der Waals surface area contributed by atoms with Crippen LogP contribution in [0.4, 0.5) is 5.69 Å². The third-order valence-corrected chi connectivity index (χ3v) is 3.80. The first-order chi connectivity index (χ1) is 8.16. The smallest absolute Gasteiger partial charge is 0.115 e. The van der Waals surface area contributed by atoms with E-state index in [0.29, 0.717) is 6.54 Å². The summed E-state index contributed by atoms with van der Waals surface area (Å²) in [6, 6.07) is 3.99. The van der Waals surface area contributed by atoms with Crippen LogP contribution < -0.4 is 5.32 Å². The number of nitrogens with one attached hydrogen (secondary N) is 1. The van der Waals surface area contributed by atoms with Crippen LogP contribution in [0, 0.1) is 0 Å². The van der Waals surface area contributed by atoms with Gasteiger partial charge in [-0.1, -0.05) is 15.9 Å². The molecule has 0 radical (unpaired) electrons. The van der Waals surface area contributed by atoms with Crippen molar-refractivity contribution in [1.29, 1.82) is 0 Å². The molecule has 1 aromatic heterocycles. The van der Waals surface area contributed by atoms with Gasteiger partial charge in [0.15, 0.2) is 0 Å². The lowest BCUT2D eigenvalue weighted by Gasteiger charge is -2.11. The highest BCUT2D eigenvalue weighted by Crippen LogP contribution is 2.34. The number of nitrogens with zero attached hydrogens (tertiary/aromatic N) is 2. The number of aromatic nitrogens is 2. The van der Waals surface area contributed by atoms with E-state index in [2.05, 4.69) is 63.1 Å². The zero-order valence-corrected chi connectivity index (χ0v) is 13.4. The van der Waals surface area contributed by atoms with Crippen molar-refractivity contribution >= 4 is 53.5 Å². The minimum Gasteiger partial charge on any atom is -0.379 e. The molecule has 0 aliphatic heterocycles. The Bertz CT molecular complexity index is 494. The van der Waals surface area contributed by atoms with Crippen LogP contribution in [0.1, 0.15) is 5.56 Å². The Morgan fingerprint density at radius 1 is 1.00 bits per heavy atom. The molecule has 1 heterocycles. The molecule has 0 aliphatic rings. The third kappa shape index (κ3) is 3.50. The average Bonchev–Trinajstić information content (AvgIpc) is 2.29. The Labute approximate surface area is 124 Å². The highest BCUT2D eigenvalue weighted by Gasteiger charge is 2.06. The molecule has 3 nitrogen and oxygen atoms in total. The first-order valence-corrected chi connectivity index (χ1v) is 7.17. The van der Waals surface area contributed by atoms with Gasteiger partial charge in [-0.05, 0) is 44.0 Å². The molecule has 2 aromatic rings. The van der Waals surface area contributed by atoms with Crippen LogP contribution in [0.3, 0.4) is 0 Å².